The van der Waals surface area contributed by atoms with E-state index in [4.69, 9.17) is 0 Å². The highest BCUT2D eigenvalue weighted by Crippen LogP contribution is 2.38. The molecule has 9 heteroatoms. The summed E-state index contributed by atoms with van der Waals surface area (Å²) in [7, 11) is 1.70. The lowest BCUT2D eigenvalue weighted by molar-refractivity contribution is -0.384. The Morgan fingerprint density at radius 3 is 2.31 bits per heavy atom. The summed E-state index contributed by atoms with van der Waals surface area (Å²) in [6.45, 7) is 0.705. The van der Waals surface area contributed by atoms with Crippen LogP contribution < -0.4 is 9.80 Å². The van der Waals surface area contributed by atoms with Crippen LogP contribution in [0.15, 0.2) is 48.5 Å². The van der Waals surface area contributed by atoms with Crippen molar-refractivity contribution in [2.45, 2.75) is 19.0 Å². The predicted octanol–water partition coefficient (Wildman–Crippen LogP) is 4.49. The lowest BCUT2D eigenvalue weighted by atomic mass is 9.94. The Labute approximate surface area is 165 Å². The van der Waals surface area contributed by atoms with Crippen molar-refractivity contribution in [1.29, 1.82) is 0 Å². The summed E-state index contributed by atoms with van der Waals surface area (Å²) < 4.78 is 38.6. The number of hydrogen-bond acceptors (Lipinski definition) is 4. The number of alkyl halides is 3. The minimum Gasteiger partial charge on any atom is -0.366 e. The van der Waals surface area contributed by atoms with Crippen LogP contribution in [0.1, 0.15) is 18.4 Å². The largest absolute Gasteiger partial charge is 0.416 e. The molecule has 1 aliphatic heterocycles. The first-order valence-corrected chi connectivity index (χ1v) is 9.11. The molecule has 29 heavy (non-hydrogen) atoms. The Morgan fingerprint density at radius 2 is 1.76 bits per heavy atom. The lowest BCUT2D eigenvalue weighted by Crippen LogP contribution is -2.41. The molecule has 0 spiro atoms. The highest BCUT2D eigenvalue weighted by atomic mass is 19.4. The van der Waals surface area contributed by atoms with Crippen LogP contribution in [-0.2, 0) is 11.0 Å². The number of carbonyl (C=O) groups is 1. The van der Waals surface area contributed by atoms with Crippen molar-refractivity contribution in [3.63, 3.8) is 0 Å². The van der Waals surface area contributed by atoms with Crippen LogP contribution in [0, 0.1) is 16.0 Å². The van der Waals surface area contributed by atoms with Crippen LogP contribution in [-0.4, -0.2) is 31.0 Å². The van der Waals surface area contributed by atoms with Crippen molar-refractivity contribution >= 4 is 23.0 Å². The summed E-state index contributed by atoms with van der Waals surface area (Å²) in [6, 6.07) is 11.8. The van der Waals surface area contributed by atoms with Gasteiger partial charge >= 0.3 is 6.18 Å². The highest BCUT2D eigenvalue weighted by molar-refractivity contribution is 5.94. The summed E-state index contributed by atoms with van der Waals surface area (Å²) in [5, 5.41) is 11.3. The number of benzene rings is 2. The number of amides is 1. The molecule has 1 aliphatic rings. The third-order valence-corrected chi connectivity index (χ3v) is 5.16. The molecule has 0 bridgehead atoms. The molecule has 1 fully saturated rings. The van der Waals surface area contributed by atoms with Gasteiger partial charge in [0.25, 0.3) is 5.69 Å². The van der Waals surface area contributed by atoms with Crippen molar-refractivity contribution in [2.75, 3.05) is 29.9 Å². The maximum absolute atomic E-state index is 12.9. The molecule has 154 valence electrons. The van der Waals surface area contributed by atoms with Crippen LogP contribution in [0.5, 0.6) is 0 Å². The topological polar surface area (TPSA) is 66.7 Å². The average Bonchev–Trinajstić information content (AvgIpc) is 2.72. The summed E-state index contributed by atoms with van der Waals surface area (Å²) in [5.41, 5.74) is -0.711. The zero-order valence-electron chi connectivity index (χ0n) is 15.7. The summed E-state index contributed by atoms with van der Waals surface area (Å²) in [4.78, 5) is 26.5. The SMILES string of the molecule is CN(C(=O)C1CCN(c2ccc(C(F)(F)F)cc2[N+](=O)[O-])CC1)c1ccccc1. The van der Waals surface area contributed by atoms with Gasteiger partial charge in [0, 0.05) is 37.8 Å². The van der Waals surface area contributed by atoms with Gasteiger partial charge in [0.2, 0.25) is 5.91 Å². The maximum atomic E-state index is 12.9. The Bertz CT molecular complexity index is 895. The van der Waals surface area contributed by atoms with Gasteiger partial charge in [0.05, 0.1) is 10.5 Å². The standard InChI is InChI=1S/C20H20F3N3O3/c1-24(16-5-3-2-4-6-16)19(27)14-9-11-25(12-10-14)17-8-7-15(20(21,22)23)13-18(17)26(28)29/h2-8,13-14H,9-12H2,1H3. The van der Waals surface area contributed by atoms with Gasteiger partial charge in [-0.25, -0.2) is 0 Å². The van der Waals surface area contributed by atoms with E-state index in [1.54, 1.807) is 16.8 Å². The van der Waals surface area contributed by atoms with Crippen molar-refractivity contribution in [3.05, 3.63) is 64.2 Å². The molecule has 1 amide bonds. The number of carbonyl (C=O) groups excluding carboxylic acids is 1. The number of nitro groups is 1. The van der Waals surface area contributed by atoms with E-state index in [0.29, 0.717) is 32.0 Å². The van der Waals surface area contributed by atoms with E-state index in [2.05, 4.69) is 0 Å². The molecule has 0 radical (unpaired) electrons. The van der Waals surface area contributed by atoms with E-state index in [1.807, 2.05) is 30.3 Å². The second-order valence-electron chi connectivity index (χ2n) is 6.95. The predicted molar refractivity (Wildman–Crippen MR) is 103 cm³/mol. The van der Waals surface area contributed by atoms with Crippen LogP contribution in [0.4, 0.5) is 30.2 Å². The summed E-state index contributed by atoms with van der Waals surface area (Å²) >= 11 is 0. The van der Waals surface area contributed by atoms with E-state index >= 15 is 0 Å². The number of anilines is 2. The molecule has 0 unspecified atom stereocenters. The van der Waals surface area contributed by atoms with E-state index in [-0.39, 0.29) is 17.5 Å². The Kier molecular flexibility index (Phi) is 5.76. The van der Waals surface area contributed by atoms with Crippen LogP contribution in [0.2, 0.25) is 0 Å². The number of piperidine rings is 1. The molecule has 0 N–H and O–H groups in total. The number of hydrogen-bond donors (Lipinski definition) is 0. The normalized spacial score (nSPS) is 15.2. The first-order chi connectivity index (χ1) is 13.7. The number of nitrogens with zero attached hydrogens (tertiary/aromatic N) is 3. The molecular weight excluding hydrogens is 387 g/mol. The van der Waals surface area contributed by atoms with E-state index in [1.165, 1.54) is 0 Å². The second kappa shape index (κ2) is 8.10. The lowest BCUT2D eigenvalue weighted by Gasteiger charge is -2.34. The Morgan fingerprint density at radius 1 is 1.14 bits per heavy atom. The van der Waals surface area contributed by atoms with Crippen molar-refractivity contribution in [2.24, 2.45) is 5.92 Å². The fourth-order valence-electron chi connectivity index (χ4n) is 3.53. The minimum absolute atomic E-state index is 0.0437. The third-order valence-electron chi connectivity index (χ3n) is 5.16. The Hall–Kier alpha value is -3.10. The number of para-hydroxylation sites is 1. The molecule has 0 aromatic heterocycles. The summed E-state index contributed by atoms with van der Waals surface area (Å²) in [5.74, 6) is -0.289. The van der Waals surface area contributed by atoms with Crippen LogP contribution in [0.3, 0.4) is 0 Å². The van der Waals surface area contributed by atoms with Gasteiger partial charge in [-0.2, -0.15) is 13.2 Å². The third kappa shape index (κ3) is 4.49. The Balaban J connectivity index is 1.72. The molecule has 6 nitrogen and oxygen atoms in total. The van der Waals surface area contributed by atoms with Gasteiger partial charge in [-0.3, -0.25) is 14.9 Å². The molecule has 2 aromatic rings. The van der Waals surface area contributed by atoms with E-state index in [9.17, 15) is 28.1 Å². The van der Waals surface area contributed by atoms with Crippen LogP contribution >= 0.6 is 0 Å². The number of rotatable bonds is 4. The first-order valence-electron chi connectivity index (χ1n) is 9.11. The quantitative estimate of drug-likeness (QED) is 0.553. The second-order valence-corrected chi connectivity index (χ2v) is 6.95. The van der Waals surface area contributed by atoms with Crippen LogP contribution in [0.25, 0.3) is 0 Å². The van der Waals surface area contributed by atoms with E-state index < -0.39 is 22.4 Å². The zero-order valence-corrected chi connectivity index (χ0v) is 15.7. The molecule has 0 aliphatic carbocycles. The van der Waals surface area contributed by atoms with Crippen molar-refractivity contribution in [3.8, 4) is 0 Å². The zero-order chi connectivity index (χ0) is 21.2. The monoisotopic (exact) mass is 407 g/mol. The fourth-order valence-corrected chi connectivity index (χ4v) is 3.53. The number of nitro benzene ring substituents is 1. The van der Waals surface area contributed by atoms with E-state index in [0.717, 1.165) is 17.8 Å². The van der Waals surface area contributed by atoms with Crippen molar-refractivity contribution < 1.29 is 22.9 Å². The molecule has 2 aromatic carbocycles. The van der Waals surface area contributed by atoms with Gasteiger partial charge in [0.1, 0.15) is 5.69 Å². The maximum Gasteiger partial charge on any atom is 0.416 e. The van der Waals surface area contributed by atoms with Gasteiger partial charge < -0.3 is 9.80 Å². The van der Waals surface area contributed by atoms with Gasteiger partial charge in [0.15, 0.2) is 0 Å². The fraction of sp³-hybridized carbons (Fsp3) is 0.350. The van der Waals surface area contributed by atoms with Gasteiger partial charge in [-0.15, -0.1) is 0 Å². The average molecular weight is 407 g/mol. The molecular formula is C20H20F3N3O3. The van der Waals surface area contributed by atoms with Crippen molar-refractivity contribution in [1.82, 2.24) is 0 Å². The smallest absolute Gasteiger partial charge is 0.366 e. The minimum atomic E-state index is -4.65. The summed E-state index contributed by atoms with van der Waals surface area (Å²) in [6.07, 6.45) is -3.72. The highest BCUT2D eigenvalue weighted by Gasteiger charge is 2.35. The molecule has 0 atom stereocenters. The molecule has 1 heterocycles. The molecule has 1 saturated heterocycles. The van der Waals surface area contributed by atoms with Gasteiger partial charge in [-0.05, 0) is 37.1 Å². The first kappa shape index (κ1) is 20.6. The molecule has 3 rings (SSSR count). The number of halogens is 3. The molecule has 0 saturated carbocycles. The van der Waals surface area contributed by atoms with Gasteiger partial charge in [-0.1, -0.05) is 18.2 Å².